The van der Waals surface area contributed by atoms with E-state index in [0.717, 1.165) is 22.8 Å². The van der Waals surface area contributed by atoms with E-state index < -0.39 is 0 Å². The molecule has 3 aromatic rings. The van der Waals surface area contributed by atoms with E-state index in [1.165, 1.54) is 5.56 Å². The fourth-order valence-electron chi connectivity index (χ4n) is 2.17. The number of ether oxygens (including phenoxy) is 1. The molecule has 0 radical (unpaired) electrons. The number of benzene rings is 1. The van der Waals surface area contributed by atoms with Crippen LogP contribution in [0.25, 0.3) is 16.8 Å². The van der Waals surface area contributed by atoms with Gasteiger partial charge < -0.3 is 4.74 Å². The molecule has 0 saturated carbocycles. The second-order valence-corrected chi connectivity index (χ2v) is 4.25. The van der Waals surface area contributed by atoms with Crippen LogP contribution in [0, 0.1) is 6.92 Å². The van der Waals surface area contributed by atoms with Crippen molar-refractivity contribution in [3.05, 3.63) is 54.4 Å². The summed E-state index contributed by atoms with van der Waals surface area (Å²) in [5.74, 6) is 0.807. The first-order valence-electron chi connectivity index (χ1n) is 5.87. The third kappa shape index (κ3) is 1.64. The van der Waals surface area contributed by atoms with E-state index in [1.807, 2.05) is 41.8 Å². The van der Waals surface area contributed by atoms with E-state index in [1.54, 1.807) is 7.11 Å². The van der Waals surface area contributed by atoms with Crippen LogP contribution in [-0.2, 0) is 0 Å². The highest BCUT2D eigenvalue weighted by molar-refractivity contribution is 5.69. The zero-order valence-electron chi connectivity index (χ0n) is 10.4. The number of pyridine rings is 1. The van der Waals surface area contributed by atoms with Crippen LogP contribution in [0.1, 0.15) is 5.69 Å². The largest absolute Gasteiger partial charge is 0.482 e. The van der Waals surface area contributed by atoms with Crippen LogP contribution >= 0.6 is 0 Å². The minimum absolute atomic E-state index is 0.807. The topological polar surface area (TPSA) is 26.5 Å². The predicted octanol–water partition coefficient (Wildman–Crippen LogP) is 3.32. The summed E-state index contributed by atoms with van der Waals surface area (Å²) < 4.78 is 7.46. The van der Waals surface area contributed by atoms with Gasteiger partial charge in [0.15, 0.2) is 5.88 Å². The number of hydrogen-bond acceptors (Lipinski definition) is 2. The van der Waals surface area contributed by atoms with Gasteiger partial charge in [-0.05, 0) is 24.1 Å². The van der Waals surface area contributed by atoms with Crippen LogP contribution in [0.2, 0.25) is 0 Å². The van der Waals surface area contributed by atoms with Gasteiger partial charge in [0.25, 0.3) is 0 Å². The lowest BCUT2D eigenvalue weighted by atomic mass is 10.1. The van der Waals surface area contributed by atoms with Gasteiger partial charge in [0.2, 0.25) is 0 Å². The first-order valence-corrected chi connectivity index (χ1v) is 5.87. The number of nitrogens with zero attached hydrogens (tertiary/aromatic N) is 2. The summed E-state index contributed by atoms with van der Waals surface area (Å²) >= 11 is 0. The van der Waals surface area contributed by atoms with Gasteiger partial charge in [-0.25, -0.2) is 4.98 Å². The van der Waals surface area contributed by atoms with Crippen LogP contribution in [0.5, 0.6) is 5.88 Å². The summed E-state index contributed by atoms with van der Waals surface area (Å²) in [5, 5.41) is 0. The number of fused-ring (bicyclic) bond motifs is 1. The van der Waals surface area contributed by atoms with Crippen LogP contribution in [0.4, 0.5) is 0 Å². The minimum Gasteiger partial charge on any atom is -0.482 e. The Labute approximate surface area is 106 Å². The van der Waals surface area contributed by atoms with Gasteiger partial charge in [-0.2, -0.15) is 0 Å². The SMILES string of the molecule is COc1cc(-c2ccccc2)cc2ncc(C)n12. The molecule has 0 aliphatic rings. The standard InChI is InChI=1S/C15H14N2O/c1-11-10-16-14-8-13(9-15(18-2)17(11)14)12-6-4-3-5-7-12/h3-10H,1-2H3. The molecule has 1 aromatic carbocycles. The number of imidazole rings is 1. The molecule has 0 unspecified atom stereocenters. The Balaban J connectivity index is 2.27. The number of aromatic nitrogens is 2. The van der Waals surface area contributed by atoms with Crippen molar-refractivity contribution < 1.29 is 4.74 Å². The van der Waals surface area contributed by atoms with Crippen molar-refractivity contribution in [2.45, 2.75) is 6.92 Å². The van der Waals surface area contributed by atoms with Gasteiger partial charge in [0.1, 0.15) is 5.65 Å². The summed E-state index contributed by atoms with van der Waals surface area (Å²) in [5.41, 5.74) is 4.26. The number of methoxy groups -OCH3 is 1. The zero-order chi connectivity index (χ0) is 12.5. The fraction of sp³-hybridized carbons (Fsp3) is 0.133. The number of hydrogen-bond donors (Lipinski definition) is 0. The lowest BCUT2D eigenvalue weighted by molar-refractivity contribution is 0.391. The molecule has 0 N–H and O–H groups in total. The first kappa shape index (κ1) is 10.8. The van der Waals surface area contributed by atoms with Gasteiger partial charge in [0.05, 0.1) is 7.11 Å². The predicted molar refractivity (Wildman–Crippen MR) is 71.9 cm³/mol. The normalized spacial score (nSPS) is 10.8. The lowest BCUT2D eigenvalue weighted by Gasteiger charge is -2.09. The zero-order valence-corrected chi connectivity index (χ0v) is 10.4. The Morgan fingerprint density at radius 3 is 2.56 bits per heavy atom. The average molecular weight is 238 g/mol. The maximum atomic E-state index is 5.45. The smallest absolute Gasteiger partial charge is 0.199 e. The molecule has 0 bridgehead atoms. The van der Waals surface area contributed by atoms with Crippen molar-refractivity contribution in [2.75, 3.05) is 7.11 Å². The van der Waals surface area contributed by atoms with Gasteiger partial charge in [-0.3, -0.25) is 4.40 Å². The summed E-state index contributed by atoms with van der Waals surface area (Å²) in [7, 11) is 1.68. The van der Waals surface area contributed by atoms with Gasteiger partial charge in [0, 0.05) is 18.0 Å². The number of aryl methyl sites for hydroxylation is 1. The molecule has 0 atom stereocenters. The van der Waals surface area contributed by atoms with Crippen LogP contribution in [0.3, 0.4) is 0 Å². The molecule has 0 aliphatic heterocycles. The molecule has 18 heavy (non-hydrogen) atoms. The highest BCUT2D eigenvalue weighted by Crippen LogP contribution is 2.26. The summed E-state index contributed by atoms with van der Waals surface area (Å²) in [6.45, 7) is 2.02. The second kappa shape index (κ2) is 4.18. The third-order valence-corrected chi connectivity index (χ3v) is 3.07. The molecule has 2 heterocycles. The van der Waals surface area contributed by atoms with Crippen molar-refractivity contribution in [3.63, 3.8) is 0 Å². The van der Waals surface area contributed by atoms with Gasteiger partial charge in [-0.1, -0.05) is 30.3 Å². The summed E-state index contributed by atoms with van der Waals surface area (Å²) in [6, 6.07) is 14.4. The van der Waals surface area contributed by atoms with E-state index in [-0.39, 0.29) is 0 Å². The number of rotatable bonds is 2. The average Bonchev–Trinajstić information content (AvgIpc) is 2.81. The Bertz CT molecular complexity index is 686. The highest BCUT2D eigenvalue weighted by Gasteiger charge is 2.08. The maximum Gasteiger partial charge on any atom is 0.199 e. The molecule has 2 aromatic heterocycles. The highest BCUT2D eigenvalue weighted by atomic mass is 16.5. The van der Waals surface area contributed by atoms with Gasteiger partial charge >= 0.3 is 0 Å². The van der Waals surface area contributed by atoms with E-state index in [4.69, 9.17) is 4.74 Å². The molecule has 0 fully saturated rings. The van der Waals surface area contributed by atoms with Crippen molar-refractivity contribution in [3.8, 4) is 17.0 Å². The van der Waals surface area contributed by atoms with Crippen molar-refractivity contribution in [2.24, 2.45) is 0 Å². The van der Waals surface area contributed by atoms with Gasteiger partial charge in [-0.15, -0.1) is 0 Å². The molecule has 0 spiro atoms. The molecular weight excluding hydrogens is 224 g/mol. The first-order chi connectivity index (χ1) is 8.79. The molecular formula is C15H14N2O. The maximum absolute atomic E-state index is 5.45. The molecule has 3 nitrogen and oxygen atoms in total. The Morgan fingerprint density at radius 2 is 1.83 bits per heavy atom. The molecule has 3 heteroatoms. The molecule has 3 rings (SSSR count). The Kier molecular flexibility index (Phi) is 2.52. The molecule has 0 saturated heterocycles. The van der Waals surface area contributed by atoms with Crippen LogP contribution in [-0.4, -0.2) is 16.5 Å². The Hall–Kier alpha value is -2.29. The van der Waals surface area contributed by atoms with Crippen molar-refractivity contribution in [1.82, 2.24) is 9.38 Å². The summed E-state index contributed by atoms with van der Waals surface area (Å²) in [4.78, 5) is 4.40. The van der Waals surface area contributed by atoms with Crippen LogP contribution in [0.15, 0.2) is 48.7 Å². The lowest BCUT2D eigenvalue weighted by Crippen LogP contribution is -1.96. The fourth-order valence-corrected chi connectivity index (χ4v) is 2.17. The second-order valence-electron chi connectivity index (χ2n) is 4.25. The molecule has 90 valence electrons. The van der Waals surface area contributed by atoms with Crippen LogP contribution < -0.4 is 4.74 Å². The van der Waals surface area contributed by atoms with E-state index in [9.17, 15) is 0 Å². The minimum atomic E-state index is 0.807. The van der Waals surface area contributed by atoms with Crippen molar-refractivity contribution in [1.29, 1.82) is 0 Å². The Morgan fingerprint density at radius 1 is 1.06 bits per heavy atom. The third-order valence-electron chi connectivity index (χ3n) is 3.07. The van der Waals surface area contributed by atoms with E-state index in [2.05, 4.69) is 23.2 Å². The van der Waals surface area contributed by atoms with Crippen molar-refractivity contribution >= 4 is 5.65 Å². The quantitative estimate of drug-likeness (QED) is 0.684. The molecule has 0 aliphatic carbocycles. The summed E-state index contributed by atoms with van der Waals surface area (Å²) in [6.07, 6.45) is 1.85. The molecule has 0 amide bonds. The monoisotopic (exact) mass is 238 g/mol. The van der Waals surface area contributed by atoms with E-state index >= 15 is 0 Å². The van der Waals surface area contributed by atoms with E-state index in [0.29, 0.717) is 0 Å².